The molecule has 0 bridgehead atoms. The first kappa shape index (κ1) is 19.7. The van der Waals surface area contributed by atoms with E-state index < -0.39 is 11.7 Å². The lowest BCUT2D eigenvalue weighted by molar-refractivity contribution is -0.137. The van der Waals surface area contributed by atoms with Crippen LogP contribution in [0, 0.1) is 0 Å². The molecule has 1 heterocycles. The van der Waals surface area contributed by atoms with Gasteiger partial charge in [0.05, 0.1) is 11.8 Å². The summed E-state index contributed by atoms with van der Waals surface area (Å²) in [5.41, 5.74) is 5.53. The van der Waals surface area contributed by atoms with Crippen molar-refractivity contribution in [2.75, 3.05) is 4.90 Å². The highest BCUT2D eigenvalue weighted by molar-refractivity contribution is 5.95. The van der Waals surface area contributed by atoms with E-state index in [1.165, 1.54) is 6.07 Å². The normalized spacial score (nSPS) is 13.5. The maximum atomic E-state index is 13.0. The van der Waals surface area contributed by atoms with Gasteiger partial charge in [-0.15, -0.1) is 0 Å². The fourth-order valence-corrected chi connectivity index (χ4v) is 3.37. The van der Waals surface area contributed by atoms with Gasteiger partial charge in [-0.2, -0.15) is 18.3 Å². The highest BCUT2D eigenvalue weighted by atomic mass is 19.4. The highest BCUT2D eigenvalue weighted by Crippen LogP contribution is 2.34. The summed E-state index contributed by atoms with van der Waals surface area (Å²) < 4.78 is 39.0. The summed E-state index contributed by atoms with van der Waals surface area (Å²) in [7, 11) is 0. The Bertz CT molecular complexity index is 1090. The van der Waals surface area contributed by atoms with E-state index in [4.69, 9.17) is 0 Å². The molecule has 0 spiro atoms. The van der Waals surface area contributed by atoms with Gasteiger partial charge in [-0.25, -0.2) is 5.43 Å². The van der Waals surface area contributed by atoms with E-state index >= 15 is 0 Å². The Morgan fingerprint density at radius 1 is 0.933 bits per heavy atom. The zero-order valence-electron chi connectivity index (χ0n) is 15.9. The van der Waals surface area contributed by atoms with Crippen molar-refractivity contribution in [1.82, 2.24) is 5.43 Å². The second-order valence-corrected chi connectivity index (χ2v) is 7.00. The molecule has 3 aromatic carbocycles. The lowest BCUT2D eigenvalue weighted by Crippen LogP contribution is -2.18. The van der Waals surface area contributed by atoms with Crippen molar-refractivity contribution in [3.63, 3.8) is 0 Å². The van der Waals surface area contributed by atoms with Gasteiger partial charge in [-0.05, 0) is 47.0 Å². The van der Waals surface area contributed by atoms with Gasteiger partial charge in [0.15, 0.2) is 0 Å². The minimum Gasteiger partial charge on any atom is -0.363 e. The molecule has 3 aromatic rings. The Hall–Kier alpha value is -3.61. The molecule has 152 valence electrons. The van der Waals surface area contributed by atoms with Gasteiger partial charge in [-0.3, -0.25) is 4.79 Å². The molecular weight excluding hydrogens is 391 g/mol. The number of hydrazone groups is 1. The Morgan fingerprint density at radius 2 is 1.70 bits per heavy atom. The molecule has 4 nitrogen and oxygen atoms in total. The molecule has 0 aliphatic carbocycles. The Kier molecular flexibility index (Phi) is 5.27. The van der Waals surface area contributed by atoms with Crippen LogP contribution in [0.25, 0.3) is 0 Å². The third-order valence-electron chi connectivity index (χ3n) is 4.91. The summed E-state index contributed by atoms with van der Waals surface area (Å²) in [5, 5.41) is 3.97. The van der Waals surface area contributed by atoms with Crippen LogP contribution in [0.5, 0.6) is 0 Å². The van der Waals surface area contributed by atoms with Crippen molar-refractivity contribution in [3.8, 4) is 0 Å². The largest absolute Gasteiger partial charge is 0.416 e. The second kappa shape index (κ2) is 8.02. The highest BCUT2D eigenvalue weighted by Gasteiger charge is 2.31. The predicted octanol–water partition coefficient (Wildman–Crippen LogP) is 4.99. The SMILES string of the molecule is O=C(N/N=C/c1ccccc1)c1ccc2c(c1)CN(c1cccc(C(F)(F)F)c1)C2. The van der Waals surface area contributed by atoms with Gasteiger partial charge in [0, 0.05) is 24.3 Å². The first-order valence-electron chi connectivity index (χ1n) is 9.32. The van der Waals surface area contributed by atoms with E-state index in [2.05, 4.69) is 10.5 Å². The first-order chi connectivity index (χ1) is 14.4. The fraction of sp³-hybridized carbons (Fsp3) is 0.130. The number of amides is 1. The number of benzene rings is 3. The summed E-state index contributed by atoms with van der Waals surface area (Å²) in [6, 6.07) is 19.9. The second-order valence-electron chi connectivity index (χ2n) is 7.00. The Balaban J connectivity index is 1.45. The molecule has 1 aliphatic rings. The number of carbonyl (C=O) groups is 1. The van der Waals surface area contributed by atoms with E-state index in [1.54, 1.807) is 24.4 Å². The number of fused-ring (bicyclic) bond motifs is 1. The van der Waals surface area contributed by atoms with Gasteiger partial charge in [0.2, 0.25) is 0 Å². The number of nitrogens with one attached hydrogen (secondary N) is 1. The Morgan fingerprint density at radius 3 is 2.47 bits per heavy atom. The average molecular weight is 409 g/mol. The number of hydrogen-bond acceptors (Lipinski definition) is 3. The smallest absolute Gasteiger partial charge is 0.363 e. The molecule has 0 aromatic heterocycles. The van der Waals surface area contributed by atoms with Gasteiger partial charge in [0.25, 0.3) is 5.91 Å². The number of rotatable bonds is 4. The topological polar surface area (TPSA) is 44.7 Å². The number of hydrogen-bond donors (Lipinski definition) is 1. The van der Waals surface area contributed by atoms with Gasteiger partial charge >= 0.3 is 6.18 Å². The van der Waals surface area contributed by atoms with Crippen LogP contribution >= 0.6 is 0 Å². The number of alkyl halides is 3. The molecule has 0 saturated carbocycles. The van der Waals surface area contributed by atoms with Crippen molar-refractivity contribution < 1.29 is 18.0 Å². The molecule has 1 N–H and O–H groups in total. The molecule has 0 fully saturated rings. The van der Waals surface area contributed by atoms with Crippen molar-refractivity contribution in [2.45, 2.75) is 19.3 Å². The van der Waals surface area contributed by atoms with Crippen LogP contribution in [-0.2, 0) is 19.3 Å². The Labute approximate surface area is 171 Å². The number of halogens is 3. The third-order valence-corrected chi connectivity index (χ3v) is 4.91. The number of nitrogens with zero attached hydrogens (tertiary/aromatic N) is 2. The summed E-state index contributed by atoms with van der Waals surface area (Å²) in [5.74, 6) is -0.345. The van der Waals surface area contributed by atoms with Crippen LogP contribution in [0.3, 0.4) is 0 Å². The zero-order valence-corrected chi connectivity index (χ0v) is 15.9. The van der Waals surface area contributed by atoms with Crippen molar-refractivity contribution in [3.05, 3.63) is 101 Å². The summed E-state index contributed by atoms with van der Waals surface area (Å²) in [6.07, 6.45) is -2.82. The molecule has 0 unspecified atom stereocenters. The van der Waals surface area contributed by atoms with E-state index in [9.17, 15) is 18.0 Å². The summed E-state index contributed by atoms with van der Waals surface area (Å²) in [6.45, 7) is 0.926. The van der Waals surface area contributed by atoms with E-state index in [1.807, 2.05) is 41.3 Å². The third kappa shape index (κ3) is 4.35. The van der Waals surface area contributed by atoms with Crippen molar-refractivity contribution in [1.29, 1.82) is 0 Å². The number of carbonyl (C=O) groups excluding carboxylic acids is 1. The van der Waals surface area contributed by atoms with Crippen LogP contribution in [0.1, 0.15) is 32.6 Å². The van der Waals surface area contributed by atoms with Crippen LogP contribution in [0.15, 0.2) is 77.9 Å². The monoisotopic (exact) mass is 409 g/mol. The molecule has 1 amide bonds. The molecule has 30 heavy (non-hydrogen) atoms. The van der Waals surface area contributed by atoms with E-state index in [-0.39, 0.29) is 5.91 Å². The lowest BCUT2D eigenvalue weighted by Gasteiger charge is -2.19. The molecule has 0 saturated heterocycles. The summed E-state index contributed by atoms with van der Waals surface area (Å²) >= 11 is 0. The maximum absolute atomic E-state index is 13.0. The molecule has 4 rings (SSSR count). The standard InChI is InChI=1S/C23H18F3N3O/c24-23(25,26)20-7-4-8-21(12-20)29-14-18-10-9-17(11-19(18)15-29)22(30)28-27-13-16-5-2-1-3-6-16/h1-13H,14-15H2,(H,28,30)/b27-13+. The van der Waals surface area contributed by atoms with Crippen LogP contribution in [-0.4, -0.2) is 12.1 Å². The molecule has 7 heteroatoms. The number of anilines is 1. The average Bonchev–Trinajstić information content (AvgIpc) is 3.17. The zero-order chi connectivity index (χ0) is 21.1. The van der Waals surface area contributed by atoms with Gasteiger partial charge < -0.3 is 4.90 Å². The molecule has 1 aliphatic heterocycles. The van der Waals surface area contributed by atoms with Crippen molar-refractivity contribution in [2.24, 2.45) is 5.10 Å². The van der Waals surface area contributed by atoms with Gasteiger partial charge in [0.1, 0.15) is 0 Å². The minimum atomic E-state index is -4.38. The molecule has 0 radical (unpaired) electrons. The quantitative estimate of drug-likeness (QED) is 0.487. The van der Waals surface area contributed by atoms with Crippen molar-refractivity contribution >= 4 is 17.8 Å². The van der Waals surface area contributed by atoms with Gasteiger partial charge in [-0.1, -0.05) is 42.5 Å². The maximum Gasteiger partial charge on any atom is 0.416 e. The van der Waals surface area contributed by atoms with Crippen LogP contribution < -0.4 is 10.3 Å². The fourth-order valence-electron chi connectivity index (χ4n) is 3.37. The van der Waals surface area contributed by atoms with Crippen LogP contribution in [0.2, 0.25) is 0 Å². The van der Waals surface area contributed by atoms with Crippen LogP contribution in [0.4, 0.5) is 18.9 Å². The first-order valence-corrected chi connectivity index (χ1v) is 9.32. The lowest BCUT2D eigenvalue weighted by atomic mass is 10.1. The van der Waals surface area contributed by atoms with E-state index in [0.717, 1.165) is 28.8 Å². The molecule has 0 atom stereocenters. The summed E-state index contributed by atoms with van der Waals surface area (Å²) in [4.78, 5) is 14.2. The minimum absolute atomic E-state index is 0.345. The predicted molar refractivity (Wildman–Crippen MR) is 109 cm³/mol. The molecular formula is C23H18F3N3O. The van der Waals surface area contributed by atoms with E-state index in [0.29, 0.717) is 24.3 Å².